The molecule has 0 spiro atoms. The average Bonchev–Trinajstić information content (AvgIpc) is 2.64. The number of piperazine rings is 1. The molecule has 4 nitrogen and oxygen atoms in total. The molecule has 1 heterocycles. The molecule has 0 aromatic carbocycles. The molecule has 1 rings (SSSR count). The van der Waals surface area contributed by atoms with Crippen molar-refractivity contribution in [3.63, 3.8) is 0 Å². The molecule has 4 heteroatoms. The first-order valence-electron chi connectivity index (χ1n) is 11.0. The number of hydrogen-bond donors (Lipinski definition) is 0. The summed E-state index contributed by atoms with van der Waals surface area (Å²) in [6.45, 7) is 14.5. The highest BCUT2D eigenvalue weighted by Crippen LogP contribution is 2.17. The van der Waals surface area contributed by atoms with Crippen molar-refractivity contribution in [1.29, 1.82) is 0 Å². The van der Waals surface area contributed by atoms with Crippen LogP contribution in [0.4, 0.5) is 4.79 Å². The summed E-state index contributed by atoms with van der Waals surface area (Å²) in [7, 11) is 0. The minimum absolute atomic E-state index is 0.150. The Bertz CT molecular complexity index is 376. The van der Waals surface area contributed by atoms with Gasteiger partial charge in [-0.05, 0) is 25.8 Å². The third kappa shape index (κ3) is 9.07. The number of rotatable bonds is 14. The number of hydrogen-bond acceptors (Lipinski definition) is 2. The van der Waals surface area contributed by atoms with Crippen LogP contribution in [0.3, 0.4) is 0 Å². The Morgan fingerprint density at radius 2 is 1.50 bits per heavy atom. The quantitative estimate of drug-likeness (QED) is 0.234. The van der Waals surface area contributed by atoms with Gasteiger partial charge in [0.2, 0.25) is 0 Å². The molecule has 0 aromatic rings. The van der Waals surface area contributed by atoms with Crippen molar-refractivity contribution in [2.45, 2.75) is 78.1 Å². The number of carbonyl (C=O) groups is 1. The summed E-state index contributed by atoms with van der Waals surface area (Å²) in [6.07, 6.45) is 15.7. The van der Waals surface area contributed by atoms with E-state index in [2.05, 4.69) is 19.6 Å². The molecule has 0 bridgehead atoms. The molecule has 0 aromatic heterocycles. The van der Waals surface area contributed by atoms with Crippen LogP contribution in [0.15, 0.2) is 12.7 Å². The number of unbranched alkanes of at least 4 members (excludes halogenated alkanes) is 9. The molecular formula is C22H43N2O2+. The highest BCUT2D eigenvalue weighted by molar-refractivity contribution is 5.67. The first-order chi connectivity index (χ1) is 12.7. The van der Waals surface area contributed by atoms with Crippen molar-refractivity contribution in [3.8, 4) is 0 Å². The summed E-state index contributed by atoms with van der Waals surface area (Å²) in [5.74, 6) is 0. The summed E-state index contributed by atoms with van der Waals surface area (Å²) >= 11 is 0. The SMILES string of the molecule is C=CC[N+]1(CCCCCCCCCCCC)CCN(C(=O)OCC)CC1. The van der Waals surface area contributed by atoms with E-state index in [0.29, 0.717) is 6.61 Å². The number of amides is 1. The Morgan fingerprint density at radius 1 is 0.962 bits per heavy atom. The lowest BCUT2D eigenvalue weighted by Crippen LogP contribution is -2.60. The van der Waals surface area contributed by atoms with E-state index in [1.807, 2.05) is 11.8 Å². The molecule has 0 N–H and O–H groups in total. The van der Waals surface area contributed by atoms with Gasteiger partial charge < -0.3 is 9.22 Å². The lowest BCUT2D eigenvalue weighted by atomic mass is 10.1. The fourth-order valence-electron chi connectivity index (χ4n) is 3.99. The van der Waals surface area contributed by atoms with E-state index in [4.69, 9.17) is 4.74 Å². The van der Waals surface area contributed by atoms with Crippen molar-refractivity contribution in [2.24, 2.45) is 0 Å². The van der Waals surface area contributed by atoms with Gasteiger partial charge in [0.1, 0.15) is 0 Å². The first kappa shape index (κ1) is 23.0. The molecule has 0 unspecified atom stereocenters. The van der Waals surface area contributed by atoms with E-state index in [-0.39, 0.29) is 6.09 Å². The van der Waals surface area contributed by atoms with Crippen LogP contribution in [0.5, 0.6) is 0 Å². The molecule has 0 atom stereocenters. The normalized spacial score (nSPS) is 16.5. The zero-order valence-electron chi connectivity index (χ0n) is 17.5. The van der Waals surface area contributed by atoms with Crippen molar-refractivity contribution in [1.82, 2.24) is 4.90 Å². The van der Waals surface area contributed by atoms with Crippen LogP contribution in [0.25, 0.3) is 0 Å². The van der Waals surface area contributed by atoms with Gasteiger partial charge in [0, 0.05) is 0 Å². The maximum absolute atomic E-state index is 11.9. The lowest BCUT2D eigenvalue weighted by Gasteiger charge is -2.44. The molecule has 1 saturated heterocycles. The van der Waals surface area contributed by atoms with E-state index in [1.165, 1.54) is 70.8 Å². The van der Waals surface area contributed by atoms with Crippen molar-refractivity contribution in [2.75, 3.05) is 45.9 Å². The van der Waals surface area contributed by atoms with Crippen LogP contribution in [-0.2, 0) is 4.74 Å². The van der Waals surface area contributed by atoms with Crippen molar-refractivity contribution < 1.29 is 14.0 Å². The summed E-state index contributed by atoms with van der Waals surface area (Å²) in [5.41, 5.74) is 0. The second-order valence-electron chi connectivity index (χ2n) is 7.85. The van der Waals surface area contributed by atoms with E-state index in [1.54, 1.807) is 0 Å². The smallest absolute Gasteiger partial charge is 0.410 e. The van der Waals surface area contributed by atoms with Gasteiger partial charge in [-0.15, -0.1) is 0 Å². The third-order valence-corrected chi connectivity index (χ3v) is 5.72. The first-order valence-corrected chi connectivity index (χ1v) is 11.0. The Balaban J connectivity index is 2.17. The van der Waals surface area contributed by atoms with E-state index in [9.17, 15) is 4.79 Å². The highest BCUT2D eigenvalue weighted by atomic mass is 16.6. The van der Waals surface area contributed by atoms with Crippen molar-refractivity contribution in [3.05, 3.63) is 12.7 Å². The van der Waals surface area contributed by atoms with Crippen LogP contribution in [0.1, 0.15) is 78.1 Å². The molecule has 26 heavy (non-hydrogen) atoms. The van der Waals surface area contributed by atoms with Gasteiger partial charge in [-0.1, -0.05) is 64.9 Å². The van der Waals surface area contributed by atoms with E-state index < -0.39 is 0 Å². The number of quaternary nitrogens is 1. The molecule has 152 valence electrons. The van der Waals surface area contributed by atoms with Gasteiger partial charge in [0.15, 0.2) is 0 Å². The third-order valence-electron chi connectivity index (χ3n) is 5.72. The molecule has 1 amide bonds. The van der Waals surface area contributed by atoms with Gasteiger partial charge in [0.05, 0.1) is 45.9 Å². The minimum Gasteiger partial charge on any atom is -0.450 e. The molecule has 1 aliphatic rings. The largest absolute Gasteiger partial charge is 0.450 e. The van der Waals surface area contributed by atoms with Gasteiger partial charge >= 0.3 is 6.09 Å². The number of carbonyl (C=O) groups excluding carboxylic acids is 1. The Morgan fingerprint density at radius 3 is 2.00 bits per heavy atom. The predicted molar refractivity (Wildman–Crippen MR) is 110 cm³/mol. The molecule has 1 fully saturated rings. The number of ether oxygens (including phenoxy) is 1. The average molecular weight is 368 g/mol. The maximum Gasteiger partial charge on any atom is 0.410 e. The molecule has 0 radical (unpaired) electrons. The zero-order chi connectivity index (χ0) is 19.1. The lowest BCUT2D eigenvalue weighted by molar-refractivity contribution is -0.926. The van der Waals surface area contributed by atoms with E-state index in [0.717, 1.165) is 37.2 Å². The topological polar surface area (TPSA) is 29.5 Å². The van der Waals surface area contributed by atoms with E-state index >= 15 is 0 Å². The van der Waals surface area contributed by atoms with Gasteiger partial charge in [-0.25, -0.2) is 4.79 Å². The molecule has 0 aliphatic carbocycles. The summed E-state index contributed by atoms with van der Waals surface area (Å²) < 4.78 is 6.23. The van der Waals surface area contributed by atoms with Crippen molar-refractivity contribution >= 4 is 6.09 Å². The standard InChI is InChI=1S/C22H43N2O2/c1-4-7-8-9-10-11-12-13-14-15-19-24(18-5-2)20-16-23(17-21-24)22(25)26-6-3/h5H,2,4,6-21H2,1,3H3/q+1. The Kier molecular flexibility index (Phi) is 12.5. The fourth-order valence-corrected chi connectivity index (χ4v) is 3.99. The van der Waals surface area contributed by atoms with Crippen LogP contribution >= 0.6 is 0 Å². The monoisotopic (exact) mass is 367 g/mol. The van der Waals surface area contributed by atoms with Gasteiger partial charge in [-0.2, -0.15) is 0 Å². The molecular weight excluding hydrogens is 324 g/mol. The summed E-state index contributed by atoms with van der Waals surface area (Å²) in [5, 5.41) is 0. The fraction of sp³-hybridized carbons (Fsp3) is 0.864. The minimum atomic E-state index is -0.150. The Hall–Kier alpha value is -1.03. The predicted octanol–water partition coefficient (Wildman–Crippen LogP) is 5.38. The zero-order valence-corrected chi connectivity index (χ0v) is 17.5. The van der Waals surface area contributed by atoms with Gasteiger partial charge in [0.25, 0.3) is 0 Å². The maximum atomic E-state index is 11.9. The van der Waals surface area contributed by atoms with Crippen LogP contribution in [0.2, 0.25) is 0 Å². The molecule has 0 saturated carbocycles. The number of nitrogens with zero attached hydrogens (tertiary/aromatic N) is 2. The summed E-state index contributed by atoms with van der Waals surface area (Å²) in [6, 6.07) is 0. The highest BCUT2D eigenvalue weighted by Gasteiger charge is 2.33. The van der Waals surface area contributed by atoms with Crippen LogP contribution in [-0.4, -0.2) is 61.4 Å². The summed E-state index contributed by atoms with van der Waals surface area (Å²) in [4.78, 5) is 13.8. The van der Waals surface area contributed by atoms with Crippen LogP contribution in [0, 0.1) is 0 Å². The molecule has 1 aliphatic heterocycles. The van der Waals surface area contributed by atoms with Crippen LogP contribution < -0.4 is 0 Å². The second kappa shape index (κ2) is 14.1. The second-order valence-corrected chi connectivity index (χ2v) is 7.85. The Labute approximate surface area is 162 Å². The van der Waals surface area contributed by atoms with Gasteiger partial charge in [-0.3, -0.25) is 4.90 Å².